The summed E-state index contributed by atoms with van der Waals surface area (Å²) in [5.74, 6) is 0.847. The fourth-order valence-corrected chi connectivity index (χ4v) is 3.62. The van der Waals surface area contributed by atoms with Gasteiger partial charge in [-0.2, -0.15) is 0 Å². The van der Waals surface area contributed by atoms with Crippen LogP contribution in [0.5, 0.6) is 5.75 Å². The van der Waals surface area contributed by atoms with Crippen LogP contribution in [0.25, 0.3) is 22.5 Å². The van der Waals surface area contributed by atoms with E-state index in [-0.39, 0.29) is 12.4 Å². The predicted octanol–water partition coefficient (Wildman–Crippen LogP) is 1.14. The van der Waals surface area contributed by atoms with Crippen molar-refractivity contribution in [1.29, 1.82) is 0 Å². The molecule has 0 saturated heterocycles. The van der Waals surface area contributed by atoms with Gasteiger partial charge in [-0.25, -0.2) is 8.97 Å². The zero-order chi connectivity index (χ0) is 19.5. The predicted molar refractivity (Wildman–Crippen MR) is 112 cm³/mol. The minimum atomic E-state index is 0. The molecular formula is C23H25ClN4O. The number of fused-ring (bicyclic) bond motifs is 1. The topological polar surface area (TPSA) is 34.4 Å². The van der Waals surface area contributed by atoms with Gasteiger partial charge in [-0.3, -0.25) is 0 Å². The summed E-state index contributed by atoms with van der Waals surface area (Å²) < 4.78 is 9.56. The molecule has 2 aromatic carbocycles. The highest BCUT2D eigenvalue weighted by atomic mass is 35.5. The lowest BCUT2D eigenvalue weighted by Gasteiger charge is -2.21. The van der Waals surface area contributed by atoms with E-state index in [1.54, 1.807) is 7.11 Å². The van der Waals surface area contributed by atoms with Crippen molar-refractivity contribution < 1.29 is 21.5 Å². The summed E-state index contributed by atoms with van der Waals surface area (Å²) in [6.45, 7) is 6.37. The molecule has 0 saturated carbocycles. The average molecular weight is 409 g/mol. The lowest BCUT2D eigenvalue weighted by atomic mass is 10.1. The van der Waals surface area contributed by atoms with Crippen molar-refractivity contribution >= 4 is 11.2 Å². The number of anilines is 1. The normalized spacial score (nSPS) is 10.6. The monoisotopic (exact) mass is 408 g/mol. The van der Waals surface area contributed by atoms with E-state index in [1.165, 1.54) is 11.3 Å². The van der Waals surface area contributed by atoms with Crippen LogP contribution in [-0.4, -0.2) is 29.8 Å². The van der Waals surface area contributed by atoms with Crippen molar-refractivity contribution in [3.63, 3.8) is 0 Å². The highest BCUT2D eigenvalue weighted by Crippen LogP contribution is 2.29. The molecule has 5 nitrogen and oxygen atoms in total. The third-order valence-electron chi connectivity index (χ3n) is 5.13. The van der Waals surface area contributed by atoms with Gasteiger partial charge in [-0.05, 0) is 62.4 Å². The van der Waals surface area contributed by atoms with Gasteiger partial charge < -0.3 is 22.0 Å². The first-order valence-corrected chi connectivity index (χ1v) is 9.61. The first kappa shape index (κ1) is 20.7. The van der Waals surface area contributed by atoms with Crippen LogP contribution in [0.4, 0.5) is 5.69 Å². The molecule has 150 valence electrons. The lowest BCUT2D eigenvalue weighted by Crippen LogP contribution is -3.00. The maximum absolute atomic E-state index is 5.31. The summed E-state index contributed by atoms with van der Waals surface area (Å²) in [5.41, 5.74) is 5.74. The van der Waals surface area contributed by atoms with Crippen LogP contribution < -0.4 is 26.4 Å². The van der Waals surface area contributed by atoms with Crippen molar-refractivity contribution in [3.05, 3.63) is 73.4 Å². The molecule has 0 amide bonds. The Balaban J connectivity index is 0.00000240. The van der Waals surface area contributed by atoms with E-state index in [4.69, 9.17) is 4.74 Å². The number of rotatable bonds is 6. The molecule has 0 atom stereocenters. The molecule has 2 heterocycles. The summed E-state index contributed by atoms with van der Waals surface area (Å²) in [5, 5.41) is 0. The Labute approximate surface area is 177 Å². The summed E-state index contributed by atoms with van der Waals surface area (Å²) >= 11 is 0. The van der Waals surface area contributed by atoms with Crippen molar-refractivity contribution in [1.82, 2.24) is 9.55 Å². The molecule has 0 radical (unpaired) electrons. The molecular weight excluding hydrogens is 384 g/mol. The Bertz CT molecular complexity index is 1070. The maximum atomic E-state index is 5.31. The number of aromatic nitrogens is 3. The smallest absolute Gasteiger partial charge is 0.230 e. The number of methoxy groups -OCH3 is 1. The first-order valence-electron chi connectivity index (χ1n) is 9.61. The summed E-state index contributed by atoms with van der Waals surface area (Å²) in [6.07, 6.45) is 5.74. The van der Waals surface area contributed by atoms with Crippen LogP contribution in [0.1, 0.15) is 13.8 Å². The molecule has 0 aliphatic carbocycles. The van der Waals surface area contributed by atoms with Crippen LogP contribution >= 0.6 is 0 Å². The molecule has 6 heteroatoms. The van der Waals surface area contributed by atoms with E-state index in [1.807, 2.05) is 30.7 Å². The van der Waals surface area contributed by atoms with Gasteiger partial charge in [0.25, 0.3) is 0 Å². The molecule has 0 fully saturated rings. The van der Waals surface area contributed by atoms with Crippen LogP contribution in [0.2, 0.25) is 0 Å². The minimum Gasteiger partial charge on any atom is -1.00 e. The van der Waals surface area contributed by atoms with Gasteiger partial charge in [-0.15, -0.1) is 4.98 Å². The number of ether oxygens (including phenoxy) is 1. The van der Waals surface area contributed by atoms with E-state index < -0.39 is 0 Å². The van der Waals surface area contributed by atoms with Gasteiger partial charge in [0.15, 0.2) is 5.69 Å². The Hall–Kier alpha value is -3.05. The fourth-order valence-electron chi connectivity index (χ4n) is 3.62. The van der Waals surface area contributed by atoms with Crippen LogP contribution in [-0.2, 0) is 0 Å². The number of hydrogen-bond acceptors (Lipinski definition) is 3. The maximum Gasteiger partial charge on any atom is 0.230 e. The minimum absolute atomic E-state index is 0. The molecule has 0 unspecified atom stereocenters. The van der Waals surface area contributed by atoms with Gasteiger partial charge >= 0.3 is 0 Å². The molecule has 0 bridgehead atoms. The van der Waals surface area contributed by atoms with Crippen molar-refractivity contribution in [3.8, 4) is 22.7 Å². The van der Waals surface area contributed by atoms with Crippen molar-refractivity contribution in [2.45, 2.75) is 13.8 Å². The zero-order valence-corrected chi connectivity index (χ0v) is 17.7. The van der Waals surface area contributed by atoms with Gasteiger partial charge in [-0.1, -0.05) is 0 Å². The Morgan fingerprint density at radius 3 is 2.28 bits per heavy atom. The van der Waals surface area contributed by atoms with Crippen LogP contribution in [0, 0.1) is 0 Å². The standard InChI is InChI=1S/C23H25N4O.ClH/c1-4-25(5-2)19-8-6-18(7-9-19)23-22-14-15-24-16-26(22)17-27(23)20-10-12-21(28-3)13-11-20;/h6-17H,4-5H2,1-3H3;1H/q+1;/p-1. The van der Waals surface area contributed by atoms with Gasteiger partial charge in [0.05, 0.1) is 7.11 Å². The summed E-state index contributed by atoms with van der Waals surface area (Å²) in [6, 6.07) is 18.9. The van der Waals surface area contributed by atoms with E-state index >= 15 is 0 Å². The average Bonchev–Trinajstić information content (AvgIpc) is 3.15. The Morgan fingerprint density at radius 2 is 1.66 bits per heavy atom. The molecule has 2 aromatic heterocycles. The van der Waals surface area contributed by atoms with Gasteiger partial charge in [0, 0.05) is 30.4 Å². The first-order chi connectivity index (χ1) is 13.7. The van der Waals surface area contributed by atoms with E-state index in [2.05, 4.69) is 75.4 Å². The Kier molecular flexibility index (Phi) is 6.39. The largest absolute Gasteiger partial charge is 1.00 e. The molecule has 4 aromatic rings. The lowest BCUT2D eigenvalue weighted by molar-refractivity contribution is -0.515. The second-order valence-electron chi connectivity index (χ2n) is 6.62. The van der Waals surface area contributed by atoms with E-state index in [0.717, 1.165) is 35.7 Å². The highest BCUT2D eigenvalue weighted by molar-refractivity contribution is 5.77. The van der Waals surface area contributed by atoms with Crippen molar-refractivity contribution in [2.75, 3.05) is 25.1 Å². The number of imidazole rings is 1. The third-order valence-corrected chi connectivity index (χ3v) is 5.13. The second kappa shape index (κ2) is 8.97. The Morgan fingerprint density at radius 1 is 0.966 bits per heavy atom. The molecule has 0 aliphatic heterocycles. The number of halogens is 1. The molecule has 0 spiro atoms. The molecule has 4 rings (SSSR count). The fraction of sp³-hybridized carbons (Fsp3) is 0.217. The van der Waals surface area contributed by atoms with Gasteiger partial charge in [0.1, 0.15) is 23.2 Å². The zero-order valence-electron chi connectivity index (χ0n) is 16.9. The summed E-state index contributed by atoms with van der Waals surface area (Å²) in [4.78, 5) is 6.61. The van der Waals surface area contributed by atoms with Crippen molar-refractivity contribution in [2.24, 2.45) is 0 Å². The van der Waals surface area contributed by atoms with E-state index in [0.29, 0.717) is 0 Å². The van der Waals surface area contributed by atoms with Crippen LogP contribution in [0.3, 0.4) is 0 Å². The molecule has 0 N–H and O–H groups in total. The number of hydrogen-bond donors (Lipinski definition) is 0. The second-order valence-corrected chi connectivity index (χ2v) is 6.62. The molecule has 29 heavy (non-hydrogen) atoms. The third kappa shape index (κ3) is 3.91. The number of nitrogens with zero attached hydrogens (tertiary/aromatic N) is 4. The molecule has 0 aliphatic rings. The van der Waals surface area contributed by atoms with Gasteiger partial charge in [0.2, 0.25) is 12.7 Å². The quantitative estimate of drug-likeness (QED) is 0.449. The highest BCUT2D eigenvalue weighted by Gasteiger charge is 2.19. The van der Waals surface area contributed by atoms with E-state index in [9.17, 15) is 0 Å². The summed E-state index contributed by atoms with van der Waals surface area (Å²) in [7, 11) is 1.68. The SMILES string of the molecule is CCN(CC)c1ccc(-c2c3ccnc[n+]3cn2-c2ccc(OC)cc2)cc1.[Cl-]. The van der Waals surface area contributed by atoms with Crippen LogP contribution in [0.15, 0.2) is 73.4 Å². The number of benzene rings is 2.